The lowest BCUT2D eigenvalue weighted by Gasteiger charge is -2.29. The molecule has 0 unspecified atom stereocenters. The van der Waals surface area contributed by atoms with Gasteiger partial charge in [-0.05, 0) is 18.8 Å². The van der Waals surface area contributed by atoms with Crippen molar-refractivity contribution < 1.29 is 0 Å². The molecule has 0 aliphatic carbocycles. The average molecular weight is 207 g/mol. The normalized spacial score (nSPS) is 18.1. The Bertz CT molecular complexity index is 344. The van der Waals surface area contributed by atoms with Gasteiger partial charge in [0.25, 0.3) is 0 Å². The van der Waals surface area contributed by atoms with E-state index in [9.17, 15) is 0 Å². The molecule has 1 fully saturated rings. The van der Waals surface area contributed by atoms with Crippen molar-refractivity contribution in [3.8, 4) is 6.07 Å². The molecule has 0 atom stereocenters. The lowest BCUT2D eigenvalue weighted by Crippen LogP contribution is -2.32. The fraction of sp³-hybridized carbons (Fsp3) is 0.600. The maximum Gasteiger partial charge on any atom is 0.186 e. The highest BCUT2D eigenvalue weighted by molar-refractivity contribution is 7.16. The van der Waals surface area contributed by atoms with Crippen LogP contribution < -0.4 is 4.90 Å². The Morgan fingerprint density at radius 3 is 2.86 bits per heavy atom. The minimum absolute atomic E-state index is 0.707. The molecule has 1 aromatic rings. The van der Waals surface area contributed by atoms with Gasteiger partial charge in [-0.25, -0.2) is 4.98 Å². The first-order valence-corrected chi connectivity index (χ1v) is 5.72. The molecule has 0 aromatic carbocycles. The van der Waals surface area contributed by atoms with Crippen LogP contribution >= 0.6 is 11.3 Å². The molecule has 2 rings (SSSR count). The molecule has 0 N–H and O–H groups in total. The second kappa shape index (κ2) is 3.97. The monoisotopic (exact) mass is 207 g/mol. The number of hydrogen-bond acceptors (Lipinski definition) is 4. The summed E-state index contributed by atoms with van der Waals surface area (Å²) in [5.41, 5.74) is 0. The molecule has 3 nitrogen and oxygen atoms in total. The highest BCUT2D eigenvalue weighted by Crippen LogP contribution is 2.26. The van der Waals surface area contributed by atoms with Crippen molar-refractivity contribution in [3.63, 3.8) is 0 Å². The van der Waals surface area contributed by atoms with Crippen LogP contribution in [0.1, 0.15) is 24.6 Å². The van der Waals surface area contributed by atoms with E-state index in [1.807, 2.05) is 0 Å². The Morgan fingerprint density at radius 2 is 2.29 bits per heavy atom. The van der Waals surface area contributed by atoms with E-state index in [0.29, 0.717) is 4.88 Å². The first-order chi connectivity index (χ1) is 6.79. The van der Waals surface area contributed by atoms with Crippen molar-refractivity contribution in [1.29, 1.82) is 5.26 Å². The van der Waals surface area contributed by atoms with Crippen molar-refractivity contribution in [2.75, 3.05) is 18.0 Å². The van der Waals surface area contributed by atoms with Gasteiger partial charge < -0.3 is 4.90 Å². The summed E-state index contributed by atoms with van der Waals surface area (Å²) in [6, 6.07) is 2.12. The van der Waals surface area contributed by atoms with E-state index in [0.717, 1.165) is 24.1 Å². The van der Waals surface area contributed by atoms with Crippen LogP contribution in [0.2, 0.25) is 0 Å². The van der Waals surface area contributed by atoms with Crippen LogP contribution in [0.25, 0.3) is 0 Å². The van der Waals surface area contributed by atoms with Gasteiger partial charge in [0.05, 0.1) is 6.20 Å². The van der Waals surface area contributed by atoms with Crippen LogP contribution in [0, 0.1) is 17.2 Å². The van der Waals surface area contributed by atoms with Crippen LogP contribution in [0.5, 0.6) is 0 Å². The zero-order chi connectivity index (χ0) is 9.97. The summed E-state index contributed by atoms with van der Waals surface area (Å²) in [6.45, 7) is 4.46. The van der Waals surface area contributed by atoms with E-state index < -0.39 is 0 Å². The number of rotatable bonds is 1. The number of piperidine rings is 1. The van der Waals surface area contributed by atoms with E-state index in [1.165, 1.54) is 24.2 Å². The fourth-order valence-corrected chi connectivity index (χ4v) is 2.43. The number of nitriles is 1. The number of hydrogen-bond donors (Lipinski definition) is 0. The summed E-state index contributed by atoms with van der Waals surface area (Å²) in [6.07, 6.45) is 4.14. The molecule has 1 aliphatic rings. The average Bonchev–Trinajstić information content (AvgIpc) is 2.67. The Morgan fingerprint density at radius 1 is 1.57 bits per heavy atom. The summed E-state index contributed by atoms with van der Waals surface area (Å²) in [4.78, 5) is 7.25. The zero-order valence-electron chi connectivity index (χ0n) is 8.23. The SMILES string of the molecule is CC1CCN(c2ncc(C#N)s2)CC1. The second-order valence-corrected chi connectivity index (χ2v) is 4.80. The van der Waals surface area contributed by atoms with Crippen molar-refractivity contribution in [3.05, 3.63) is 11.1 Å². The van der Waals surface area contributed by atoms with Gasteiger partial charge in [0.1, 0.15) is 10.9 Å². The van der Waals surface area contributed by atoms with E-state index in [4.69, 9.17) is 5.26 Å². The minimum atomic E-state index is 0.707. The number of thiazole rings is 1. The molecule has 0 amide bonds. The Labute approximate surface area is 88.0 Å². The van der Waals surface area contributed by atoms with E-state index in [2.05, 4.69) is 22.9 Å². The molecule has 0 radical (unpaired) electrons. The first-order valence-electron chi connectivity index (χ1n) is 4.90. The largest absolute Gasteiger partial charge is 0.348 e. The molecular weight excluding hydrogens is 194 g/mol. The summed E-state index contributed by atoms with van der Waals surface area (Å²) >= 11 is 1.49. The zero-order valence-corrected chi connectivity index (χ0v) is 9.05. The van der Waals surface area contributed by atoms with Crippen molar-refractivity contribution in [2.45, 2.75) is 19.8 Å². The topological polar surface area (TPSA) is 39.9 Å². The summed E-state index contributed by atoms with van der Waals surface area (Å²) in [7, 11) is 0. The molecular formula is C10H13N3S. The highest BCUT2D eigenvalue weighted by atomic mass is 32.1. The highest BCUT2D eigenvalue weighted by Gasteiger charge is 2.18. The fourth-order valence-electron chi connectivity index (χ4n) is 1.66. The number of aromatic nitrogens is 1. The molecule has 0 spiro atoms. The molecule has 74 valence electrons. The first kappa shape index (κ1) is 9.47. The van der Waals surface area contributed by atoms with Gasteiger partial charge in [-0.1, -0.05) is 18.3 Å². The van der Waals surface area contributed by atoms with Gasteiger partial charge in [-0.15, -0.1) is 0 Å². The summed E-state index contributed by atoms with van der Waals surface area (Å²) in [5.74, 6) is 0.835. The third-order valence-corrected chi connectivity index (χ3v) is 3.62. The van der Waals surface area contributed by atoms with Crippen molar-refractivity contribution in [2.24, 2.45) is 5.92 Å². The third-order valence-electron chi connectivity index (χ3n) is 2.66. The molecule has 1 aliphatic heterocycles. The predicted octanol–water partition coefficient (Wildman–Crippen LogP) is 2.25. The van der Waals surface area contributed by atoms with Gasteiger partial charge in [-0.2, -0.15) is 5.26 Å². The molecule has 4 heteroatoms. The quantitative estimate of drug-likeness (QED) is 0.709. The Hall–Kier alpha value is -1.08. The third kappa shape index (κ3) is 1.88. The smallest absolute Gasteiger partial charge is 0.186 e. The molecule has 2 heterocycles. The van der Waals surface area contributed by atoms with E-state index in [-0.39, 0.29) is 0 Å². The van der Waals surface area contributed by atoms with Gasteiger partial charge >= 0.3 is 0 Å². The van der Waals surface area contributed by atoms with Crippen LogP contribution in [0.15, 0.2) is 6.20 Å². The predicted molar refractivity (Wildman–Crippen MR) is 57.4 cm³/mol. The molecule has 1 saturated heterocycles. The molecule has 14 heavy (non-hydrogen) atoms. The standard InChI is InChI=1S/C10H13N3S/c1-8-2-4-13(5-3-8)10-12-7-9(6-11)14-10/h7-8H,2-5H2,1H3. The van der Waals surface area contributed by atoms with E-state index >= 15 is 0 Å². The minimum Gasteiger partial charge on any atom is -0.348 e. The number of anilines is 1. The number of nitrogens with zero attached hydrogens (tertiary/aromatic N) is 3. The molecule has 0 saturated carbocycles. The lowest BCUT2D eigenvalue weighted by molar-refractivity contribution is 0.438. The Balaban J connectivity index is 2.05. The van der Waals surface area contributed by atoms with Gasteiger partial charge in [0, 0.05) is 13.1 Å². The maximum atomic E-state index is 8.69. The molecule has 0 bridgehead atoms. The van der Waals surface area contributed by atoms with E-state index in [1.54, 1.807) is 6.20 Å². The van der Waals surface area contributed by atoms with Crippen molar-refractivity contribution >= 4 is 16.5 Å². The van der Waals surface area contributed by atoms with Crippen LogP contribution in [0.3, 0.4) is 0 Å². The van der Waals surface area contributed by atoms with Crippen LogP contribution in [-0.2, 0) is 0 Å². The van der Waals surface area contributed by atoms with Gasteiger partial charge in [0.2, 0.25) is 0 Å². The maximum absolute atomic E-state index is 8.69. The molecule has 1 aromatic heterocycles. The van der Waals surface area contributed by atoms with Crippen molar-refractivity contribution in [1.82, 2.24) is 4.98 Å². The van der Waals surface area contributed by atoms with Crippen LogP contribution in [-0.4, -0.2) is 18.1 Å². The Kier molecular flexibility index (Phi) is 2.69. The van der Waals surface area contributed by atoms with Crippen LogP contribution in [0.4, 0.5) is 5.13 Å². The summed E-state index contributed by atoms with van der Waals surface area (Å²) in [5, 5.41) is 9.70. The van der Waals surface area contributed by atoms with Gasteiger partial charge in [0.15, 0.2) is 5.13 Å². The summed E-state index contributed by atoms with van der Waals surface area (Å²) < 4.78 is 0. The second-order valence-electron chi connectivity index (χ2n) is 3.79. The van der Waals surface area contributed by atoms with Gasteiger partial charge in [-0.3, -0.25) is 0 Å². The lowest BCUT2D eigenvalue weighted by atomic mass is 10.00.